The lowest BCUT2D eigenvalue weighted by Crippen LogP contribution is -1.80. The molecule has 0 nitrogen and oxygen atoms in total. The van der Waals surface area contributed by atoms with Crippen LogP contribution in [0.3, 0.4) is 0 Å². The molecule has 0 aliphatic carbocycles. The Hall–Kier alpha value is -0.570. The Bertz CT molecular complexity index is 311. The molecule has 1 heteroatoms. The molecule has 1 rings (SSSR count). The van der Waals surface area contributed by atoms with Crippen molar-refractivity contribution in [3.8, 4) is 0 Å². The van der Waals surface area contributed by atoms with Crippen molar-refractivity contribution in [2.45, 2.75) is 6.92 Å². The number of hydrogen-bond acceptors (Lipinski definition) is 0. The van der Waals surface area contributed by atoms with Gasteiger partial charge in [-0.1, -0.05) is 30.9 Å². The molecule has 0 unspecified atom stereocenters. The van der Waals surface area contributed by atoms with Gasteiger partial charge in [0.15, 0.2) is 0 Å². The fraction of sp³-hybridized carbons (Fsp3) is 0.0909. The summed E-state index contributed by atoms with van der Waals surface area (Å²) in [6, 6.07) is 6.40. The van der Waals surface area contributed by atoms with Crippen LogP contribution in [-0.4, -0.2) is 0 Å². The van der Waals surface area contributed by atoms with Crippen LogP contribution in [0.4, 0.5) is 0 Å². The van der Waals surface area contributed by atoms with E-state index in [0.29, 0.717) is 0 Å². The number of benzene rings is 1. The van der Waals surface area contributed by atoms with Gasteiger partial charge in [0, 0.05) is 3.57 Å². The smallest absolute Gasteiger partial charge is 0.0136 e. The summed E-state index contributed by atoms with van der Waals surface area (Å²) in [5.74, 6) is 0. The van der Waals surface area contributed by atoms with Crippen LogP contribution in [0.15, 0.2) is 36.9 Å². The first-order valence-corrected chi connectivity index (χ1v) is 4.87. The van der Waals surface area contributed by atoms with Gasteiger partial charge in [0.25, 0.3) is 0 Å². The largest absolute Gasteiger partial charge is 0.0991 e. The highest BCUT2D eigenvalue weighted by Crippen LogP contribution is 2.14. The average molecular weight is 270 g/mol. The molecule has 0 saturated carbocycles. The van der Waals surface area contributed by atoms with Gasteiger partial charge in [-0.05, 0) is 52.8 Å². The average Bonchev–Trinajstić information content (AvgIpc) is 2.07. The minimum atomic E-state index is 1.27. The first-order valence-electron chi connectivity index (χ1n) is 3.79. The Kier molecular flexibility index (Phi) is 3.53. The summed E-state index contributed by atoms with van der Waals surface area (Å²) in [5, 5.41) is 0. The van der Waals surface area contributed by atoms with Crippen LogP contribution in [0.2, 0.25) is 0 Å². The third-order valence-corrected chi connectivity index (χ3v) is 2.32. The molecule has 1 aromatic rings. The molecule has 0 saturated heterocycles. The fourth-order valence-corrected chi connectivity index (χ4v) is 1.48. The van der Waals surface area contributed by atoms with Crippen molar-refractivity contribution in [3.05, 3.63) is 51.6 Å². The lowest BCUT2D eigenvalue weighted by molar-refractivity contribution is 1.43. The molecule has 0 aliphatic rings. The zero-order valence-electron chi connectivity index (χ0n) is 7.05. The zero-order chi connectivity index (χ0) is 8.97. The molecule has 1 aromatic carbocycles. The summed E-state index contributed by atoms with van der Waals surface area (Å²) in [4.78, 5) is 0. The Labute approximate surface area is 87.1 Å². The molecule has 0 fully saturated rings. The third-order valence-electron chi connectivity index (χ3n) is 1.65. The predicted octanol–water partition coefficient (Wildman–Crippen LogP) is 3.80. The number of halogens is 1. The van der Waals surface area contributed by atoms with Crippen molar-refractivity contribution in [1.82, 2.24) is 0 Å². The van der Waals surface area contributed by atoms with Crippen LogP contribution in [-0.2, 0) is 0 Å². The van der Waals surface area contributed by atoms with E-state index in [2.05, 4.69) is 60.4 Å². The van der Waals surface area contributed by atoms with Crippen LogP contribution in [0.5, 0.6) is 0 Å². The van der Waals surface area contributed by atoms with Gasteiger partial charge in [-0.2, -0.15) is 0 Å². The summed E-state index contributed by atoms with van der Waals surface area (Å²) in [7, 11) is 0. The molecule has 0 spiro atoms. The van der Waals surface area contributed by atoms with E-state index in [0.717, 1.165) is 0 Å². The van der Waals surface area contributed by atoms with E-state index in [4.69, 9.17) is 0 Å². The van der Waals surface area contributed by atoms with E-state index in [1.807, 2.05) is 6.08 Å². The molecule has 0 atom stereocenters. The maximum absolute atomic E-state index is 3.64. The van der Waals surface area contributed by atoms with Crippen molar-refractivity contribution in [2.75, 3.05) is 0 Å². The molecule has 0 radical (unpaired) electrons. The molecular formula is C11H11I. The first kappa shape index (κ1) is 9.52. The highest BCUT2D eigenvalue weighted by molar-refractivity contribution is 14.1. The number of rotatable bonds is 2. The van der Waals surface area contributed by atoms with Crippen molar-refractivity contribution in [3.63, 3.8) is 0 Å². The quantitative estimate of drug-likeness (QED) is 0.566. The SMILES string of the molecule is C=C/C=C\c1cc(I)ccc1C. The monoisotopic (exact) mass is 270 g/mol. The van der Waals surface area contributed by atoms with Gasteiger partial charge in [-0.3, -0.25) is 0 Å². The van der Waals surface area contributed by atoms with Gasteiger partial charge in [-0.15, -0.1) is 0 Å². The fourth-order valence-electron chi connectivity index (χ4n) is 0.963. The molecule has 0 amide bonds. The Morgan fingerprint density at radius 2 is 2.17 bits per heavy atom. The van der Waals surface area contributed by atoms with Crippen LogP contribution >= 0.6 is 22.6 Å². The van der Waals surface area contributed by atoms with E-state index in [1.165, 1.54) is 14.7 Å². The molecule has 12 heavy (non-hydrogen) atoms. The second-order valence-corrected chi connectivity index (χ2v) is 3.84. The van der Waals surface area contributed by atoms with Crippen molar-refractivity contribution in [1.29, 1.82) is 0 Å². The van der Waals surface area contributed by atoms with Crippen LogP contribution in [0.1, 0.15) is 11.1 Å². The van der Waals surface area contributed by atoms with Crippen LogP contribution < -0.4 is 0 Å². The second kappa shape index (κ2) is 4.45. The van der Waals surface area contributed by atoms with Crippen molar-refractivity contribution < 1.29 is 0 Å². The van der Waals surface area contributed by atoms with Crippen molar-refractivity contribution in [2.24, 2.45) is 0 Å². The summed E-state index contributed by atoms with van der Waals surface area (Å²) in [5.41, 5.74) is 2.57. The van der Waals surface area contributed by atoms with E-state index in [-0.39, 0.29) is 0 Å². The topological polar surface area (TPSA) is 0 Å². The second-order valence-electron chi connectivity index (χ2n) is 2.60. The Balaban J connectivity index is 3.04. The van der Waals surface area contributed by atoms with Gasteiger partial charge < -0.3 is 0 Å². The van der Waals surface area contributed by atoms with E-state index in [1.54, 1.807) is 6.08 Å². The number of hydrogen-bond donors (Lipinski definition) is 0. The molecule has 0 N–H and O–H groups in total. The summed E-state index contributed by atoms with van der Waals surface area (Å²) in [6.45, 7) is 5.75. The van der Waals surface area contributed by atoms with E-state index in [9.17, 15) is 0 Å². The van der Waals surface area contributed by atoms with Gasteiger partial charge >= 0.3 is 0 Å². The Morgan fingerprint density at radius 1 is 1.42 bits per heavy atom. The lowest BCUT2D eigenvalue weighted by atomic mass is 10.1. The summed E-state index contributed by atoms with van der Waals surface area (Å²) < 4.78 is 1.27. The number of allylic oxidation sites excluding steroid dienone is 2. The molecular weight excluding hydrogens is 259 g/mol. The highest BCUT2D eigenvalue weighted by Gasteiger charge is 1.93. The maximum Gasteiger partial charge on any atom is 0.0136 e. The standard InChI is InChI=1S/C11H11I/c1-3-4-5-10-8-11(12)7-6-9(10)2/h3-8H,1H2,2H3/b5-4-. The summed E-state index contributed by atoms with van der Waals surface area (Å²) >= 11 is 2.31. The van der Waals surface area contributed by atoms with Crippen molar-refractivity contribution >= 4 is 28.7 Å². The van der Waals surface area contributed by atoms with Crippen LogP contribution in [0.25, 0.3) is 6.08 Å². The zero-order valence-corrected chi connectivity index (χ0v) is 9.21. The third kappa shape index (κ3) is 2.48. The normalized spacial score (nSPS) is 10.5. The molecule has 0 heterocycles. The molecule has 0 aromatic heterocycles. The number of aryl methyl sites for hydroxylation is 1. The van der Waals surface area contributed by atoms with Gasteiger partial charge in [-0.25, -0.2) is 0 Å². The van der Waals surface area contributed by atoms with E-state index >= 15 is 0 Å². The minimum Gasteiger partial charge on any atom is -0.0991 e. The van der Waals surface area contributed by atoms with E-state index < -0.39 is 0 Å². The summed E-state index contributed by atoms with van der Waals surface area (Å²) in [6.07, 6.45) is 5.82. The minimum absolute atomic E-state index is 1.27. The van der Waals surface area contributed by atoms with Gasteiger partial charge in [0.05, 0.1) is 0 Å². The van der Waals surface area contributed by atoms with Crippen LogP contribution in [0, 0.1) is 10.5 Å². The molecule has 0 bridgehead atoms. The predicted molar refractivity (Wildman–Crippen MR) is 63.1 cm³/mol. The van der Waals surface area contributed by atoms with Gasteiger partial charge in [0.1, 0.15) is 0 Å². The molecule has 62 valence electrons. The lowest BCUT2D eigenvalue weighted by Gasteiger charge is -1.99. The highest BCUT2D eigenvalue weighted by atomic mass is 127. The first-order chi connectivity index (χ1) is 5.74. The Morgan fingerprint density at radius 3 is 2.83 bits per heavy atom. The van der Waals surface area contributed by atoms with Gasteiger partial charge in [0.2, 0.25) is 0 Å². The molecule has 0 aliphatic heterocycles. The maximum atomic E-state index is 3.64.